The normalized spacial score (nSPS) is 16.0. The minimum atomic E-state index is -2.00. The van der Waals surface area contributed by atoms with E-state index in [1.807, 2.05) is 0 Å². The summed E-state index contributed by atoms with van der Waals surface area (Å²) < 4.78 is 4.71. The van der Waals surface area contributed by atoms with E-state index in [1.54, 1.807) is 60.7 Å². The molecule has 2 atom stereocenters. The van der Waals surface area contributed by atoms with Gasteiger partial charge in [0.15, 0.2) is 11.2 Å². The third-order valence-corrected chi connectivity index (χ3v) is 3.65. The van der Waals surface area contributed by atoms with E-state index >= 15 is 0 Å². The Hall–Kier alpha value is -2.50. The van der Waals surface area contributed by atoms with Crippen molar-refractivity contribution in [1.82, 2.24) is 0 Å². The van der Waals surface area contributed by atoms with E-state index in [0.717, 1.165) is 0 Å². The lowest BCUT2D eigenvalue weighted by Crippen LogP contribution is -2.41. The van der Waals surface area contributed by atoms with Crippen LogP contribution < -0.4 is 0 Å². The first-order valence-electron chi connectivity index (χ1n) is 7.09. The maximum Gasteiger partial charge on any atom is 0.350 e. The van der Waals surface area contributed by atoms with Crippen LogP contribution in [0, 0.1) is 0 Å². The largest absolute Gasteiger partial charge is 0.388 e. The maximum atomic E-state index is 12.1. The standard InChI is InChI=1S/C18H18O5/c1-17(21,13-9-5-3-6-10-13)15(19)23-16(20)18(2,22)14-11-7-4-8-12-14/h3-12,21-22H,1-2H3. The summed E-state index contributed by atoms with van der Waals surface area (Å²) in [4.78, 5) is 24.3. The number of rotatable bonds is 4. The maximum absolute atomic E-state index is 12.1. The van der Waals surface area contributed by atoms with Gasteiger partial charge in [-0.15, -0.1) is 0 Å². The fraction of sp³-hybridized carbons (Fsp3) is 0.222. The number of ether oxygens (including phenoxy) is 1. The molecule has 0 heterocycles. The average molecular weight is 314 g/mol. The molecule has 120 valence electrons. The van der Waals surface area contributed by atoms with Crippen molar-refractivity contribution in [3.05, 3.63) is 71.8 Å². The fourth-order valence-corrected chi connectivity index (χ4v) is 2.04. The van der Waals surface area contributed by atoms with Gasteiger partial charge in [0.25, 0.3) is 0 Å². The third-order valence-electron chi connectivity index (χ3n) is 3.65. The van der Waals surface area contributed by atoms with Gasteiger partial charge in [0.05, 0.1) is 0 Å². The highest BCUT2D eigenvalue weighted by atomic mass is 16.6. The molecule has 2 N–H and O–H groups in total. The Bertz CT molecular complexity index is 628. The summed E-state index contributed by atoms with van der Waals surface area (Å²) >= 11 is 0. The van der Waals surface area contributed by atoms with Crippen molar-refractivity contribution in [1.29, 1.82) is 0 Å². The molecule has 0 fully saturated rings. The van der Waals surface area contributed by atoms with E-state index in [-0.39, 0.29) is 11.1 Å². The molecule has 2 unspecified atom stereocenters. The first kappa shape index (κ1) is 16.9. The molecule has 0 amide bonds. The molecule has 0 saturated carbocycles. The van der Waals surface area contributed by atoms with E-state index in [2.05, 4.69) is 0 Å². The van der Waals surface area contributed by atoms with Crippen LogP contribution >= 0.6 is 0 Å². The summed E-state index contributed by atoms with van der Waals surface area (Å²) in [7, 11) is 0. The number of benzene rings is 2. The smallest absolute Gasteiger partial charge is 0.350 e. The summed E-state index contributed by atoms with van der Waals surface area (Å²) in [5.41, 5.74) is -3.41. The molecule has 0 radical (unpaired) electrons. The number of hydrogen-bond donors (Lipinski definition) is 2. The van der Waals surface area contributed by atoms with Gasteiger partial charge in [0.2, 0.25) is 0 Å². The Labute approximate surface area is 134 Å². The van der Waals surface area contributed by atoms with E-state index in [4.69, 9.17) is 4.74 Å². The Morgan fingerprint density at radius 2 is 1.04 bits per heavy atom. The number of aliphatic hydroxyl groups is 2. The lowest BCUT2D eigenvalue weighted by atomic mass is 9.95. The highest BCUT2D eigenvalue weighted by Crippen LogP contribution is 2.26. The van der Waals surface area contributed by atoms with E-state index in [0.29, 0.717) is 0 Å². The Morgan fingerprint density at radius 3 is 1.35 bits per heavy atom. The number of carbonyl (C=O) groups is 2. The Balaban J connectivity index is 2.18. The van der Waals surface area contributed by atoms with Crippen LogP contribution in [-0.4, -0.2) is 22.2 Å². The summed E-state index contributed by atoms with van der Waals surface area (Å²) in [6.45, 7) is 2.46. The van der Waals surface area contributed by atoms with E-state index < -0.39 is 23.1 Å². The highest BCUT2D eigenvalue weighted by Gasteiger charge is 2.41. The number of esters is 2. The Morgan fingerprint density at radius 1 is 0.739 bits per heavy atom. The van der Waals surface area contributed by atoms with Crippen LogP contribution in [0.5, 0.6) is 0 Å². The van der Waals surface area contributed by atoms with Crippen LogP contribution in [-0.2, 0) is 25.5 Å². The SMILES string of the molecule is CC(O)(C(=O)OC(=O)C(C)(O)c1ccccc1)c1ccccc1. The summed E-state index contributed by atoms with van der Waals surface area (Å²) in [6.07, 6.45) is 0. The zero-order chi connectivity index (χ0) is 17.1. The molecule has 0 aliphatic heterocycles. The number of hydrogen-bond acceptors (Lipinski definition) is 5. The van der Waals surface area contributed by atoms with Crippen molar-refractivity contribution in [3.8, 4) is 0 Å². The number of carbonyl (C=O) groups excluding carboxylic acids is 2. The topological polar surface area (TPSA) is 83.8 Å². The second kappa shape index (κ2) is 6.32. The molecule has 2 rings (SSSR count). The molecule has 0 bridgehead atoms. The molecule has 2 aromatic carbocycles. The molecule has 5 nitrogen and oxygen atoms in total. The lowest BCUT2D eigenvalue weighted by Gasteiger charge is -2.25. The van der Waals surface area contributed by atoms with Crippen molar-refractivity contribution in [2.45, 2.75) is 25.0 Å². The predicted molar refractivity (Wildman–Crippen MR) is 83.1 cm³/mol. The van der Waals surface area contributed by atoms with Crippen LogP contribution in [0.3, 0.4) is 0 Å². The molecule has 0 saturated heterocycles. The fourth-order valence-electron chi connectivity index (χ4n) is 2.04. The van der Waals surface area contributed by atoms with Crippen LogP contribution in [0.4, 0.5) is 0 Å². The van der Waals surface area contributed by atoms with Crippen LogP contribution in [0.1, 0.15) is 25.0 Å². The average Bonchev–Trinajstić information content (AvgIpc) is 2.56. The van der Waals surface area contributed by atoms with Gasteiger partial charge in [0, 0.05) is 0 Å². The van der Waals surface area contributed by atoms with Crippen molar-refractivity contribution in [2.24, 2.45) is 0 Å². The first-order chi connectivity index (χ1) is 10.8. The molecule has 5 heteroatoms. The molecule has 0 aromatic heterocycles. The van der Waals surface area contributed by atoms with E-state index in [1.165, 1.54) is 13.8 Å². The molecule has 0 spiro atoms. The molecule has 0 aliphatic rings. The molecule has 2 aromatic rings. The highest BCUT2D eigenvalue weighted by molar-refractivity contribution is 5.94. The zero-order valence-electron chi connectivity index (χ0n) is 12.9. The van der Waals surface area contributed by atoms with Gasteiger partial charge in [-0.3, -0.25) is 0 Å². The van der Waals surface area contributed by atoms with Crippen molar-refractivity contribution in [2.75, 3.05) is 0 Å². The minimum absolute atomic E-state index is 0.289. The molecule has 0 aliphatic carbocycles. The predicted octanol–water partition coefficient (Wildman–Crippen LogP) is 1.87. The third kappa shape index (κ3) is 3.47. The zero-order valence-corrected chi connectivity index (χ0v) is 12.9. The molecular formula is C18H18O5. The van der Waals surface area contributed by atoms with E-state index in [9.17, 15) is 19.8 Å². The second-order valence-corrected chi connectivity index (χ2v) is 5.55. The van der Waals surface area contributed by atoms with Crippen molar-refractivity contribution >= 4 is 11.9 Å². The van der Waals surface area contributed by atoms with Gasteiger partial charge in [-0.1, -0.05) is 60.7 Å². The lowest BCUT2D eigenvalue weighted by molar-refractivity contribution is -0.184. The van der Waals surface area contributed by atoms with Crippen molar-refractivity contribution in [3.63, 3.8) is 0 Å². The van der Waals surface area contributed by atoms with Gasteiger partial charge in [-0.2, -0.15) is 0 Å². The quantitative estimate of drug-likeness (QED) is 0.665. The minimum Gasteiger partial charge on any atom is -0.388 e. The molecular weight excluding hydrogens is 296 g/mol. The van der Waals surface area contributed by atoms with Crippen molar-refractivity contribution < 1.29 is 24.5 Å². The summed E-state index contributed by atoms with van der Waals surface area (Å²) in [5.74, 6) is -2.30. The summed E-state index contributed by atoms with van der Waals surface area (Å²) in [6, 6.07) is 16.2. The first-order valence-corrected chi connectivity index (χ1v) is 7.09. The van der Waals surface area contributed by atoms with Crippen LogP contribution in [0.25, 0.3) is 0 Å². The van der Waals surface area contributed by atoms with Gasteiger partial charge >= 0.3 is 11.9 Å². The summed E-state index contributed by atoms with van der Waals surface area (Å²) in [5, 5.41) is 20.7. The Kier molecular flexibility index (Phi) is 4.63. The molecule has 23 heavy (non-hydrogen) atoms. The second-order valence-electron chi connectivity index (χ2n) is 5.55. The van der Waals surface area contributed by atoms with Gasteiger partial charge in [0.1, 0.15) is 0 Å². The van der Waals surface area contributed by atoms with Gasteiger partial charge < -0.3 is 14.9 Å². The monoisotopic (exact) mass is 314 g/mol. The van der Waals surface area contributed by atoms with Crippen LogP contribution in [0.15, 0.2) is 60.7 Å². The van der Waals surface area contributed by atoms with Gasteiger partial charge in [-0.25, -0.2) is 9.59 Å². The van der Waals surface area contributed by atoms with Crippen LogP contribution in [0.2, 0.25) is 0 Å². The van der Waals surface area contributed by atoms with Gasteiger partial charge in [-0.05, 0) is 25.0 Å².